The molecule has 3 aromatic rings. The van der Waals surface area contributed by atoms with E-state index in [-0.39, 0.29) is 5.02 Å². The van der Waals surface area contributed by atoms with E-state index >= 15 is 0 Å². The van der Waals surface area contributed by atoms with E-state index in [4.69, 9.17) is 23.2 Å². The Balaban J connectivity index is 1.70. The van der Waals surface area contributed by atoms with Crippen molar-refractivity contribution in [1.82, 2.24) is 10.2 Å². The summed E-state index contributed by atoms with van der Waals surface area (Å²) in [4.78, 5) is 23.9. The Morgan fingerprint density at radius 2 is 1.78 bits per heavy atom. The molecule has 0 saturated heterocycles. The Labute approximate surface area is 140 Å². The lowest BCUT2D eigenvalue weighted by Gasteiger charge is -2.08. The Kier molecular flexibility index (Phi) is 4.18. The van der Waals surface area contributed by atoms with Crippen molar-refractivity contribution in [2.75, 3.05) is 10.6 Å². The summed E-state index contributed by atoms with van der Waals surface area (Å²) in [6.07, 6.45) is 1.66. The maximum atomic E-state index is 12.0. The summed E-state index contributed by atoms with van der Waals surface area (Å²) in [5, 5.41) is 13.2. The van der Waals surface area contributed by atoms with E-state index < -0.39 is 11.8 Å². The third-order valence-corrected chi connectivity index (χ3v) is 3.63. The number of nitrogens with one attached hydrogen (secondary N) is 3. The summed E-state index contributed by atoms with van der Waals surface area (Å²) in [6.45, 7) is 0. The van der Waals surface area contributed by atoms with E-state index in [1.807, 2.05) is 0 Å². The Morgan fingerprint density at radius 3 is 2.57 bits per heavy atom. The summed E-state index contributed by atoms with van der Waals surface area (Å²) in [7, 11) is 0. The smallest absolute Gasteiger partial charge is 0.314 e. The van der Waals surface area contributed by atoms with Crippen LogP contribution >= 0.6 is 23.2 Å². The van der Waals surface area contributed by atoms with Crippen LogP contribution in [0.4, 0.5) is 11.4 Å². The van der Waals surface area contributed by atoms with Gasteiger partial charge >= 0.3 is 11.8 Å². The van der Waals surface area contributed by atoms with Crippen LogP contribution in [-0.2, 0) is 9.59 Å². The number of carbonyl (C=O) groups excluding carboxylic acids is 2. The second kappa shape index (κ2) is 6.28. The molecular formula is C15H10Cl2N4O2. The van der Waals surface area contributed by atoms with Crippen molar-refractivity contribution in [3.8, 4) is 0 Å². The highest BCUT2D eigenvalue weighted by Gasteiger charge is 2.15. The van der Waals surface area contributed by atoms with Crippen LogP contribution < -0.4 is 10.6 Å². The van der Waals surface area contributed by atoms with Crippen LogP contribution in [0.5, 0.6) is 0 Å². The molecule has 1 aromatic heterocycles. The van der Waals surface area contributed by atoms with E-state index in [0.29, 0.717) is 16.4 Å². The lowest BCUT2D eigenvalue weighted by atomic mass is 10.2. The Hall–Kier alpha value is -2.57. The van der Waals surface area contributed by atoms with Gasteiger partial charge in [-0.2, -0.15) is 5.10 Å². The Morgan fingerprint density at radius 1 is 1.00 bits per heavy atom. The molecule has 3 rings (SSSR count). The minimum Gasteiger partial charge on any atom is -0.318 e. The van der Waals surface area contributed by atoms with Crippen LogP contribution in [-0.4, -0.2) is 22.0 Å². The Bertz CT molecular complexity index is 907. The molecule has 0 aliphatic heterocycles. The van der Waals surface area contributed by atoms with Gasteiger partial charge in [-0.3, -0.25) is 14.7 Å². The normalized spacial score (nSPS) is 10.5. The molecule has 2 amide bonds. The van der Waals surface area contributed by atoms with Crippen LogP contribution in [0.15, 0.2) is 42.6 Å². The van der Waals surface area contributed by atoms with Gasteiger partial charge in [0.25, 0.3) is 0 Å². The van der Waals surface area contributed by atoms with Gasteiger partial charge in [-0.05, 0) is 36.4 Å². The average molecular weight is 349 g/mol. The number of H-pyrrole nitrogens is 1. The number of fused-ring (bicyclic) bond motifs is 1. The minimum atomic E-state index is -0.834. The third kappa shape index (κ3) is 3.44. The molecule has 3 N–H and O–H groups in total. The van der Waals surface area contributed by atoms with Crippen LogP contribution in [0.1, 0.15) is 0 Å². The first-order chi connectivity index (χ1) is 11.0. The number of amides is 2. The monoisotopic (exact) mass is 348 g/mol. The van der Waals surface area contributed by atoms with Crippen molar-refractivity contribution in [2.45, 2.75) is 0 Å². The summed E-state index contributed by atoms with van der Waals surface area (Å²) >= 11 is 11.7. The van der Waals surface area contributed by atoms with E-state index in [9.17, 15) is 9.59 Å². The molecule has 116 valence electrons. The number of benzene rings is 2. The van der Waals surface area contributed by atoms with Gasteiger partial charge < -0.3 is 10.6 Å². The molecule has 0 aliphatic carbocycles. The predicted octanol–water partition coefficient (Wildman–Crippen LogP) is 3.45. The van der Waals surface area contributed by atoms with Crippen LogP contribution in [0.3, 0.4) is 0 Å². The van der Waals surface area contributed by atoms with Crippen LogP contribution in [0.2, 0.25) is 10.0 Å². The molecule has 0 unspecified atom stereocenters. The van der Waals surface area contributed by atoms with Gasteiger partial charge in [-0.15, -0.1) is 0 Å². The number of anilines is 2. The molecule has 0 spiro atoms. The third-order valence-electron chi connectivity index (χ3n) is 3.09. The molecule has 1 heterocycles. The number of hydrogen-bond donors (Lipinski definition) is 3. The summed E-state index contributed by atoms with van der Waals surface area (Å²) in [5.74, 6) is -1.64. The fraction of sp³-hybridized carbons (Fsp3) is 0. The van der Waals surface area contributed by atoms with Gasteiger partial charge in [0.05, 0.1) is 22.4 Å². The molecule has 8 heteroatoms. The molecule has 0 aliphatic rings. The zero-order valence-corrected chi connectivity index (χ0v) is 13.1. The van der Waals surface area contributed by atoms with Gasteiger partial charge in [-0.25, -0.2) is 0 Å². The maximum absolute atomic E-state index is 12.0. The van der Waals surface area contributed by atoms with Crippen molar-refractivity contribution in [3.63, 3.8) is 0 Å². The standard InChI is InChI=1S/C15H10Cl2N4O2/c16-9-2-4-12(11(17)5-9)20-15(23)14(22)19-10-3-1-8-7-18-21-13(8)6-10/h1-7H,(H,18,21)(H,19,22)(H,20,23). The highest BCUT2D eigenvalue weighted by Crippen LogP contribution is 2.25. The topological polar surface area (TPSA) is 86.9 Å². The van der Waals surface area contributed by atoms with Crippen molar-refractivity contribution in [1.29, 1.82) is 0 Å². The zero-order chi connectivity index (χ0) is 16.4. The van der Waals surface area contributed by atoms with Gasteiger partial charge in [0, 0.05) is 16.1 Å². The molecule has 0 atom stereocenters. The quantitative estimate of drug-likeness (QED) is 0.620. The average Bonchev–Trinajstić information content (AvgIpc) is 2.97. The summed E-state index contributed by atoms with van der Waals surface area (Å²) in [5.41, 5.74) is 1.54. The fourth-order valence-electron chi connectivity index (χ4n) is 1.97. The van der Waals surface area contributed by atoms with Gasteiger partial charge in [0.15, 0.2) is 0 Å². The molecule has 23 heavy (non-hydrogen) atoms. The molecule has 0 bridgehead atoms. The van der Waals surface area contributed by atoms with Crippen molar-refractivity contribution in [2.24, 2.45) is 0 Å². The molecule has 0 fully saturated rings. The number of aromatic nitrogens is 2. The van der Waals surface area contributed by atoms with E-state index in [1.165, 1.54) is 12.1 Å². The number of aromatic amines is 1. The lowest BCUT2D eigenvalue weighted by Crippen LogP contribution is -2.29. The predicted molar refractivity (Wildman–Crippen MR) is 89.8 cm³/mol. The largest absolute Gasteiger partial charge is 0.318 e. The number of halogens is 2. The summed E-state index contributed by atoms with van der Waals surface area (Å²) in [6, 6.07) is 9.70. The van der Waals surface area contributed by atoms with Crippen LogP contribution in [0.25, 0.3) is 10.9 Å². The highest BCUT2D eigenvalue weighted by molar-refractivity contribution is 6.45. The van der Waals surface area contributed by atoms with Crippen LogP contribution in [0, 0.1) is 0 Å². The fourth-order valence-corrected chi connectivity index (χ4v) is 2.43. The molecule has 6 nitrogen and oxygen atoms in total. The summed E-state index contributed by atoms with van der Waals surface area (Å²) < 4.78 is 0. The molecule has 0 radical (unpaired) electrons. The van der Waals surface area contributed by atoms with Gasteiger partial charge in [0.2, 0.25) is 0 Å². The number of hydrogen-bond acceptors (Lipinski definition) is 3. The SMILES string of the molecule is O=C(Nc1ccc2cn[nH]c2c1)C(=O)Nc1ccc(Cl)cc1Cl. The van der Waals surface area contributed by atoms with Crippen molar-refractivity contribution < 1.29 is 9.59 Å². The van der Waals surface area contributed by atoms with E-state index in [0.717, 1.165) is 10.9 Å². The van der Waals surface area contributed by atoms with E-state index in [2.05, 4.69) is 20.8 Å². The lowest BCUT2D eigenvalue weighted by molar-refractivity contribution is -0.132. The zero-order valence-electron chi connectivity index (χ0n) is 11.6. The molecule has 0 saturated carbocycles. The van der Waals surface area contributed by atoms with E-state index in [1.54, 1.807) is 30.5 Å². The first kappa shape index (κ1) is 15.3. The van der Waals surface area contributed by atoms with Crippen molar-refractivity contribution >= 4 is 57.3 Å². The highest BCUT2D eigenvalue weighted by atomic mass is 35.5. The first-order valence-electron chi connectivity index (χ1n) is 6.53. The molecule has 2 aromatic carbocycles. The van der Waals surface area contributed by atoms with Gasteiger partial charge in [-0.1, -0.05) is 23.2 Å². The van der Waals surface area contributed by atoms with Gasteiger partial charge in [0.1, 0.15) is 0 Å². The minimum absolute atomic E-state index is 0.248. The number of rotatable bonds is 2. The number of nitrogens with zero attached hydrogens (tertiary/aromatic N) is 1. The van der Waals surface area contributed by atoms with Crippen molar-refractivity contribution in [3.05, 3.63) is 52.6 Å². The number of carbonyl (C=O) groups is 2. The second-order valence-corrected chi connectivity index (χ2v) is 5.55. The maximum Gasteiger partial charge on any atom is 0.314 e. The first-order valence-corrected chi connectivity index (χ1v) is 7.29. The second-order valence-electron chi connectivity index (χ2n) is 4.70. The molecular weight excluding hydrogens is 339 g/mol.